The molecule has 1 saturated heterocycles. The van der Waals surface area contributed by atoms with Crippen LogP contribution >= 0.6 is 9.24 Å². The number of hydrogen-bond acceptors (Lipinski definition) is 4. The summed E-state index contributed by atoms with van der Waals surface area (Å²) in [5, 5.41) is 11.1. The monoisotopic (exact) mass is 354 g/mol. The first-order chi connectivity index (χ1) is 12.1. The normalized spacial score (nSPS) is 15.0. The molecule has 0 saturated carbocycles. The molecular weight excluding hydrogens is 331 g/mol. The largest absolute Gasteiger partial charge is 0.398 e. The van der Waals surface area contributed by atoms with Crippen LogP contribution in [0.25, 0.3) is 0 Å². The van der Waals surface area contributed by atoms with Gasteiger partial charge in [-0.1, -0.05) is 12.1 Å². The van der Waals surface area contributed by atoms with E-state index < -0.39 is 0 Å². The number of benzene rings is 2. The van der Waals surface area contributed by atoms with Crippen molar-refractivity contribution < 1.29 is 4.79 Å². The van der Waals surface area contributed by atoms with Crippen LogP contribution in [-0.2, 0) is 4.79 Å². The lowest BCUT2D eigenvalue weighted by Gasteiger charge is -2.32. The van der Waals surface area contributed by atoms with E-state index in [1.54, 1.807) is 18.2 Å². The van der Waals surface area contributed by atoms with Gasteiger partial charge in [0.2, 0.25) is 6.41 Å². The van der Waals surface area contributed by atoms with Crippen LogP contribution in [0.5, 0.6) is 0 Å². The van der Waals surface area contributed by atoms with Crippen molar-refractivity contribution in [2.45, 2.75) is 18.5 Å². The zero-order chi connectivity index (χ0) is 17.8. The van der Waals surface area contributed by atoms with E-state index in [1.807, 2.05) is 12.1 Å². The van der Waals surface area contributed by atoms with Gasteiger partial charge in [0.25, 0.3) is 0 Å². The molecule has 1 fully saturated rings. The highest BCUT2D eigenvalue weighted by molar-refractivity contribution is 7.17. The fraction of sp³-hybridized carbons (Fsp3) is 0.263. The first-order valence-electron chi connectivity index (χ1n) is 8.38. The highest BCUT2D eigenvalue weighted by atomic mass is 31.0. The van der Waals surface area contributed by atoms with Gasteiger partial charge in [0, 0.05) is 41.3 Å². The van der Waals surface area contributed by atoms with E-state index in [0.717, 1.165) is 24.3 Å². The molecule has 0 aromatic heterocycles. The van der Waals surface area contributed by atoms with E-state index in [-0.39, 0.29) is 0 Å². The molecule has 1 aliphatic heterocycles. The van der Waals surface area contributed by atoms with Crippen molar-refractivity contribution in [1.29, 1.82) is 5.41 Å². The van der Waals surface area contributed by atoms with E-state index in [2.05, 4.69) is 31.6 Å². The highest BCUT2D eigenvalue weighted by Crippen LogP contribution is 2.25. The van der Waals surface area contributed by atoms with Crippen LogP contribution in [0.1, 0.15) is 24.0 Å². The summed E-state index contributed by atoms with van der Waals surface area (Å²) in [7, 11) is 2.91. The number of rotatable bonds is 5. The summed E-state index contributed by atoms with van der Waals surface area (Å²) >= 11 is 0. The van der Waals surface area contributed by atoms with E-state index >= 15 is 0 Å². The van der Waals surface area contributed by atoms with E-state index in [9.17, 15) is 4.79 Å². The fourth-order valence-corrected chi connectivity index (χ4v) is 3.38. The van der Waals surface area contributed by atoms with Gasteiger partial charge in [0.15, 0.2) is 0 Å². The number of hydrogen-bond donors (Lipinski definition) is 3. The Labute approximate surface area is 150 Å². The lowest BCUT2D eigenvalue weighted by atomic mass is 9.99. The summed E-state index contributed by atoms with van der Waals surface area (Å²) in [6, 6.07) is 13.2. The van der Waals surface area contributed by atoms with Crippen LogP contribution in [0, 0.1) is 5.41 Å². The molecule has 6 heteroatoms. The number of nitrogens with two attached hydrogens (primary N) is 1. The van der Waals surface area contributed by atoms with Crippen molar-refractivity contribution in [2.75, 3.05) is 29.0 Å². The zero-order valence-corrected chi connectivity index (χ0v) is 15.2. The molecule has 0 bridgehead atoms. The maximum atomic E-state index is 10.6. The molecule has 1 unspecified atom stereocenters. The molecule has 5 nitrogen and oxygen atoms in total. The Morgan fingerprint density at radius 1 is 1.20 bits per heavy atom. The second-order valence-electron chi connectivity index (χ2n) is 6.31. The Bertz CT molecular complexity index is 767. The van der Waals surface area contributed by atoms with Crippen molar-refractivity contribution in [3.8, 4) is 0 Å². The third-order valence-electron chi connectivity index (χ3n) is 4.61. The number of carbonyl (C=O) groups excluding carboxylic acids is 1. The number of nitrogens with one attached hydrogen (secondary N) is 2. The molecule has 3 rings (SSSR count). The van der Waals surface area contributed by atoms with Gasteiger partial charge >= 0.3 is 0 Å². The topological polar surface area (TPSA) is 82.2 Å². The van der Waals surface area contributed by atoms with Crippen LogP contribution in [-0.4, -0.2) is 30.9 Å². The standard InChI is InChI=1S/C19H23N4OP/c20-18-6-3-14(22-12-24)11-17(18)19(21)13-1-4-15(5-2-13)23-9-7-16(25)8-10-23/h1-6,11-12,16,21H,7-10,20,25H2,(H,22,24). The third kappa shape index (κ3) is 3.99. The molecule has 1 aliphatic rings. The second-order valence-corrected chi connectivity index (χ2v) is 7.25. The number of carbonyl (C=O) groups is 1. The smallest absolute Gasteiger partial charge is 0.211 e. The minimum atomic E-state index is 0.349. The average molecular weight is 354 g/mol. The number of amides is 1. The van der Waals surface area contributed by atoms with Gasteiger partial charge in [-0.05, 0) is 48.8 Å². The van der Waals surface area contributed by atoms with Crippen molar-refractivity contribution in [2.24, 2.45) is 0 Å². The van der Waals surface area contributed by atoms with Crippen molar-refractivity contribution in [3.63, 3.8) is 0 Å². The van der Waals surface area contributed by atoms with Crippen LogP contribution in [0.15, 0.2) is 42.5 Å². The van der Waals surface area contributed by atoms with Crippen molar-refractivity contribution >= 4 is 38.4 Å². The van der Waals surface area contributed by atoms with E-state index in [4.69, 9.17) is 11.1 Å². The number of nitrogens with zero attached hydrogens (tertiary/aromatic N) is 1. The van der Waals surface area contributed by atoms with Gasteiger partial charge in [-0.2, -0.15) is 0 Å². The van der Waals surface area contributed by atoms with Crippen molar-refractivity contribution in [3.05, 3.63) is 53.6 Å². The summed E-state index contributed by atoms with van der Waals surface area (Å²) in [5.74, 6) is 0. The Morgan fingerprint density at radius 3 is 2.52 bits per heavy atom. The first-order valence-corrected chi connectivity index (χ1v) is 9.05. The summed E-state index contributed by atoms with van der Waals surface area (Å²) in [6.45, 7) is 2.13. The predicted molar refractivity (Wildman–Crippen MR) is 108 cm³/mol. The molecule has 130 valence electrons. The fourth-order valence-electron chi connectivity index (χ4n) is 3.08. The number of nitrogen functional groups attached to an aromatic ring is 1. The highest BCUT2D eigenvalue weighted by Gasteiger charge is 2.16. The Balaban J connectivity index is 1.79. The van der Waals surface area contributed by atoms with Gasteiger partial charge in [-0.3, -0.25) is 10.2 Å². The average Bonchev–Trinajstić information content (AvgIpc) is 2.64. The number of anilines is 3. The predicted octanol–water partition coefficient (Wildman–Crippen LogP) is 3.10. The number of piperidine rings is 1. The molecule has 1 atom stereocenters. The summed E-state index contributed by atoms with van der Waals surface area (Å²) in [6.07, 6.45) is 3.00. The SMILES string of the molecule is N=C(c1ccc(N2CCC(P)CC2)cc1)c1cc(NC=O)ccc1N. The van der Waals surface area contributed by atoms with Gasteiger partial charge in [0.1, 0.15) is 0 Å². The molecule has 25 heavy (non-hydrogen) atoms. The molecule has 2 aromatic carbocycles. The molecule has 0 aliphatic carbocycles. The van der Waals surface area contributed by atoms with E-state index in [0.29, 0.717) is 29.1 Å². The summed E-state index contributed by atoms with van der Waals surface area (Å²) < 4.78 is 0. The minimum absolute atomic E-state index is 0.349. The minimum Gasteiger partial charge on any atom is -0.398 e. The second kappa shape index (κ2) is 7.66. The molecule has 1 heterocycles. The maximum absolute atomic E-state index is 10.6. The molecular formula is C19H23N4OP. The Morgan fingerprint density at radius 2 is 1.88 bits per heavy atom. The molecule has 0 radical (unpaired) electrons. The van der Waals surface area contributed by atoms with Gasteiger partial charge in [0.05, 0.1) is 5.71 Å². The van der Waals surface area contributed by atoms with Crippen LogP contribution in [0.4, 0.5) is 17.1 Å². The van der Waals surface area contributed by atoms with Gasteiger partial charge in [-0.25, -0.2) is 0 Å². The summed E-state index contributed by atoms with van der Waals surface area (Å²) in [4.78, 5) is 13.0. The van der Waals surface area contributed by atoms with Gasteiger partial charge < -0.3 is 16.0 Å². The van der Waals surface area contributed by atoms with Gasteiger partial charge in [-0.15, -0.1) is 9.24 Å². The Kier molecular flexibility index (Phi) is 5.34. The molecule has 4 N–H and O–H groups in total. The van der Waals surface area contributed by atoms with Crippen LogP contribution in [0.3, 0.4) is 0 Å². The third-order valence-corrected chi connectivity index (χ3v) is 5.28. The molecule has 2 aromatic rings. The Hall–Kier alpha value is -2.39. The zero-order valence-electron chi connectivity index (χ0n) is 14.0. The summed E-state index contributed by atoms with van der Waals surface area (Å²) in [5.41, 5.74) is 10.8. The van der Waals surface area contributed by atoms with Crippen LogP contribution < -0.4 is 16.0 Å². The molecule has 0 spiro atoms. The molecule has 1 amide bonds. The maximum Gasteiger partial charge on any atom is 0.211 e. The first kappa shape index (κ1) is 17.4. The van der Waals surface area contributed by atoms with E-state index in [1.165, 1.54) is 18.5 Å². The van der Waals surface area contributed by atoms with Crippen molar-refractivity contribution in [1.82, 2.24) is 0 Å². The quantitative estimate of drug-likeness (QED) is 0.334. The van der Waals surface area contributed by atoms with Crippen LogP contribution in [0.2, 0.25) is 0 Å². The lowest BCUT2D eigenvalue weighted by molar-refractivity contribution is -0.105. The lowest BCUT2D eigenvalue weighted by Crippen LogP contribution is -2.33.